The van der Waals surface area contributed by atoms with Crippen molar-refractivity contribution in [1.29, 1.82) is 0 Å². The molecule has 2 heterocycles. The van der Waals surface area contributed by atoms with E-state index in [1.165, 1.54) is 18.5 Å². The van der Waals surface area contributed by atoms with E-state index in [1.54, 1.807) is 4.90 Å². The molecule has 2 aliphatic heterocycles. The molecule has 6 heteroatoms. The third-order valence-electron chi connectivity index (χ3n) is 5.24. The molecular formula is C19H27N3O3. The number of carbonyl (C=O) groups excluding carboxylic acids is 1. The van der Waals surface area contributed by atoms with Crippen molar-refractivity contribution in [2.75, 3.05) is 31.1 Å². The number of amides is 2. The van der Waals surface area contributed by atoms with E-state index in [1.807, 2.05) is 19.1 Å². The Morgan fingerprint density at radius 1 is 1.20 bits per heavy atom. The largest absolute Gasteiger partial charge is 0.481 e. The van der Waals surface area contributed by atoms with Crippen LogP contribution >= 0.6 is 0 Å². The van der Waals surface area contributed by atoms with Gasteiger partial charge in [-0.2, -0.15) is 0 Å². The summed E-state index contributed by atoms with van der Waals surface area (Å²) in [4.78, 5) is 27.7. The minimum Gasteiger partial charge on any atom is -0.481 e. The number of anilines is 1. The summed E-state index contributed by atoms with van der Waals surface area (Å²) >= 11 is 0. The molecule has 0 bridgehead atoms. The van der Waals surface area contributed by atoms with E-state index in [9.17, 15) is 9.59 Å². The number of aliphatic carboxylic acids is 1. The van der Waals surface area contributed by atoms with E-state index in [-0.39, 0.29) is 12.1 Å². The highest BCUT2D eigenvalue weighted by molar-refractivity contribution is 5.77. The minimum absolute atomic E-state index is 0.111. The van der Waals surface area contributed by atoms with Crippen LogP contribution in [0.3, 0.4) is 0 Å². The summed E-state index contributed by atoms with van der Waals surface area (Å²) in [6.45, 7) is 5.07. The van der Waals surface area contributed by atoms with Crippen molar-refractivity contribution in [3.63, 3.8) is 0 Å². The van der Waals surface area contributed by atoms with Gasteiger partial charge < -0.3 is 20.2 Å². The Hall–Kier alpha value is -2.24. The molecule has 136 valence electrons. The van der Waals surface area contributed by atoms with Gasteiger partial charge in [0.2, 0.25) is 0 Å². The Morgan fingerprint density at radius 2 is 1.96 bits per heavy atom. The van der Waals surface area contributed by atoms with Crippen LogP contribution in [0.15, 0.2) is 24.3 Å². The molecule has 25 heavy (non-hydrogen) atoms. The van der Waals surface area contributed by atoms with Crippen LogP contribution in [0.2, 0.25) is 0 Å². The van der Waals surface area contributed by atoms with Crippen molar-refractivity contribution in [1.82, 2.24) is 10.2 Å². The highest BCUT2D eigenvalue weighted by Gasteiger charge is 2.28. The van der Waals surface area contributed by atoms with Crippen molar-refractivity contribution in [3.05, 3.63) is 29.8 Å². The first-order chi connectivity index (χ1) is 12.0. The van der Waals surface area contributed by atoms with Crippen LogP contribution in [0.4, 0.5) is 10.5 Å². The molecule has 1 aromatic carbocycles. The molecular weight excluding hydrogens is 318 g/mol. The van der Waals surface area contributed by atoms with Crippen LogP contribution in [-0.2, 0) is 4.79 Å². The van der Waals surface area contributed by atoms with Crippen LogP contribution in [0.5, 0.6) is 0 Å². The zero-order valence-electron chi connectivity index (χ0n) is 14.8. The molecule has 3 rings (SSSR count). The fourth-order valence-corrected chi connectivity index (χ4v) is 3.69. The van der Waals surface area contributed by atoms with Gasteiger partial charge in [-0.05, 0) is 50.3 Å². The first kappa shape index (κ1) is 17.6. The summed E-state index contributed by atoms with van der Waals surface area (Å²) < 4.78 is 0. The molecule has 0 saturated carbocycles. The van der Waals surface area contributed by atoms with Crippen molar-refractivity contribution >= 4 is 17.7 Å². The smallest absolute Gasteiger partial charge is 0.317 e. The zero-order valence-corrected chi connectivity index (χ0v) is 14.8. The standard InChI is InChI=1S/C19H27N3O3/c1-14(15-6-4-8-17(12-15)21-9-2-3-10-21)20-19(25)22-11-5-7-16(13-22)18(23)24/h4,6,8,12,14,16H,2-3,5,7,9-11,13H2,1H3,(H,20,25)(H,23,24). The molecule has 2 fully saturated rings. The van der Waals surface area contributed by atoms with Crippen molar-refractivity contribution in [2.45, 2.75) is 38.6 Å². The molecule has 1 aromatic rings. The van der Waals surface area contributed by atoms with Crippen LogP contribution in [0.1, 0.15) is 44.2 Å². The number of hydrogen-bond acceptors (Lipinski definition) is 3. The maximum Gasteiger partial charge on any atom is 0.317 e. The van der Waals surface area contributed by atoms with Crippen molar-refractivity contribution < 1.29 is 14.7 Å². The number of nitrogens with one attached hydrogen (secondary N) is 1. The van der Waals surface area contributed by atoms with Gasteiger partial charge >= 0.3 is 12.0 Å². The Labute approximate surface area is 148 Å². The first-order valence-electron chi connectivity index (χ1n) is 9.18. The van der Waals surface area contributed by atoms with E-state index in [2.05, 4.69) is 22.3 Å². The Bertz CT molecular complexity index is 628. The lowest BCUT2D eigenvalue weighted by Crippen LogP contribution is -2.47. The van der Waals surface area contributed by atoms with Gasteiger partial charge in [-0.15, -0.1) is 0 Å². The predicted molar refractivity (Wildman–Crippen MR) is 96.8 cm³/mol. The number of carboxylic acids is 1. The second kappa shape index (κ2) is 7.76. The number of carbonyl (C=O) groups is 2. The monoisotopic (exact) mass is 345 g/mol. The van der Waals surface area contributed by atoms with Crippen LogP contribution in [0, 0.1) is 5.92 Å². The molecule has 2 N–H and O–H groups in total. The lowest BCUT2D eigenvalue weighted by molar-refractivity contribution is -0.143. The van der Waals surface area contributed by atoms with Gasteiger partial charge in [-0.3, -0.25) is 4.79 Å². The summed E-state index contributed by atoms with van der Waals surface area (Å²) in [6.07, 6.45) is 3.85. The molecule has 2 aliphatic rings. The van der Waals surface area contributed by atoms with Crippen LogP contribution < -0.4 is 10.2 Å². The average molecular weight is 345 g/mol. The average Bonchev–Trinajstić information content (AvgIpc) is 3.16. The normalized spacial score (nSPS) is 21.9. The fraction of sp³-hybridized carbons (Fsp3) is 0.579. The molecule has 0 aromatic heterocycles. The lowest BCUT2D eigenvalue weighted by Gasteiger charge is -2.32. The number of carboxylic acid groups (broad SMARTS) is 1. The molecule has 2 amide bonds. The van der Waals surface area contributed by atoms with Gasteiger partial charge in [-0.1, -0.05) is 12.1 Å². The maximum atomic E-state index is 12.5. The zero-order chi connectivity index (χ0) is 17.8. The number of hydrogen-bond donors (Lipinski definition) is 2. The van der Waals surface area contributed by atoms with E-state index in [4.69, 9.17) is 5.11 Å². The fourth-order valence-electron chi connectivity index (χ4n) is 3.69. The van der Waals surface area contributed by atoms with Gasteiger partial charge in [0.25, 0.3) is 0 Å². The van der Waals surface area contributed by atoms with E-state index < -0.39 is 11.9 Å². The summed E-state index contributed by atoms with van der Waals surface area (Å²) in [7, 11) is 0. The molecule has 0 radical (unpaired) electrons. The second-order valence-electron chi connectivity index (χ2n) is 7.08. The van der Waals surface area contributed by atoms with Gasteiger partial charge in [0.1, 0.15) is 0 Å². The van der Waals surface area contributed by atoms with Gasteiger partial charge in [0.05, 0.1) is 12.0 Å². The third-order valence-corrected chi connectivity index (χ3v) is 5.24. The summed E-state index contributed by atoms with van der Waals surface area (Å²) in [5, 5.41) is 12.2. The minimum atomic E-state index is -0.816. The van der Waals surface area contributed by atoms with E-state index >= 15 is 0 Å². The molecule has 6 nitrogen and oxygen atoms in total. The molecule has 0 aliphatic carbocycles. The highest BCUT2D eigenvalue weighted by Crippen LogP contribution is 2.24. The summed E-state index contributed by atoms with van der Waals surface area (Å²) in [6, 6.07) is 8.04. The number of piperidine rings is 1. The van der Waals surface area contributed by atoms with Gasteiger partial charge in [-0.25, -0.2) is 4.79 Å². The van der Waals surface area contributed by atoms with Crippen molar-refractivity contribution in [3.8, 4) is 0 Å². The molecule has 2 atom stereocenters. The second-order valence-corrected chi connectivity index (χ2v) is 7.08. The topological polar surface area (TPSA) is 72.9 Å². The number of nitrogens with zero attached hydrogens (tertiary/aromatic N) is 2. The molecule has 0 spiro atoms. The number of likely N-dealkylation sites (tertiary alicyclic amines) is 1. The van der Waals surface area contributed by atoms with Gasteiger partial charge in [0, 0.05) is 31.9 Å². The number of urea groups is 1. The maximum absolute atomic E-state index is 12.5. The van der Waals surface area contributed by atoms with Crippen LogP contribution in [0.25, 0.3) is 0 Å². The third kappa shape index (κ3) is 4.24. The Morgan fingerprint density at radius 3 is 2.68 bits per heavy atom. The number of benzene rings is 1. The molecule has 2 saturated heterocycles. The molecule has 2 unspecified atom stereocenters. The Kier molecular flexibility index (Phi) is 5.46. The highest BCUT2D eigenvalue weighted by atomic mass is 16.4. The van der Waals surface area contributed by atoms with Crippen molar-refractivity contribution in [2.24, 2.45) is 5.92 Å². The summed E-state index contributed by atoms with van der Waals surface area (Å²) in [5.74, 6) is -1.27. The summed E-state index contributed by atoms with van der Waals surface area (Å²) in [5.41, 5.74) is 2.28. The van der Waals surface area contributed by atoms with Gasteiger partial charge in [0.15, 0.2) is 0 Å². The lowest BCUT2D eigenvalue weighted by atomic mass is 9.98. The van der Waals surface area contributed by atoms with E-state index in [0.29, 0.717) is 19.5 Å². The van der Waals surface area contributed by atoms with Crippen LogP contribution in [-0.4, -0.2) is 48.2 Å². The van der Waals surface area contributed by atoms with E-state index in [0.717, 1.165) is 25.1 Å². The first-order valence-corrected chi connectivity index (χ1v) is 9.18. The quantitative estimate of drug-likeness (QED) is 0.880. The number of rotatable bonds is 4. The SMILES string of the molecule is CC(NC(=O)N1CCCC(C(=O)O)C1)c1cccc(N2CCCC2)c1. The Balaban J connectivity index is 1.61. The predicted octanol–water partition coefficient (Wildman–Crippen LogP) is 2.85.